The predicted octanol–water partition coefficient (Wildman–Crippen LogP) is 3.86. The van der Waals surface area contributed by atoms with Crippen molar-refractivity contribution in [2.45, 2.75) is 70.9 Å². The summed E-state index contributed by atoms with van der Waals surface area (Å²) in [6.45, 7) is 8.97. The minimum atomic E-state index is -1.28. The highest BCUT2D eigenvalue weighted by Gasteiger charge is 2.61. The summed E-state index contributed by atoms with van der Waals surface area (Å²) in [5.74, 6) is 0.0380. The van der Waals surface area contributed by atoms with E-state index in [4.69, 9.17) is 18.6 Å². The summed E-state index contributed by atoms with van der Waals surface area (Å²) in [4.78, 5) is 36.4. The summed E-state index contributed by atoms with van der Waals surface area (Å²) in [7, 11) is 0. The molecular weight excluding hydrogens is 588 g/mol. The summed E-state index contributed by atoms with van der Waals surface area (Å²) in [5.41, 5.74) is 2.62. The van der Waals surface area contributed by atoms with Gasteiger partial charge >= 0.3 is 0 Å². The van der Waals surface area contributed by atoms with Gasteiger partial charge < -0.3 is 34.6 Å². The molecule has 0 fully saturated rings. The second-order valence-corrected chi connectivity index (χ2v) is 12.8. The lowest BCUT2D eigenvalue weighted by Crippen LogP contribution is -2.52. The van der Waals surface area contributed by atoms with Crippen LogP contribution in [0.25, 0.3) is 11.6 Å². The van der Waals surface area contributed by atoms with E-state index in [-0.39, 0.29) is 41.4 Å². The number of benzene rings is 2. The Balaban J connectivity index is 1.49. The molecule has 12 heteroatoms. The molecule has 46 heavy (non-hydrogen) atoms. The molecule has 3 aliphatic rings. The molecule has 3 aliphatic heterocycles. The first-order valence-electron chi connectivity index (χ1n) is 15.4. The number of rotatable bonds is 5. The van der Waals surface area contributed by atoms with Crippen molar-refractivity contribution in [3.63, 3.8) is 0 Å². The fourth-order valence-corrected chi connectivity index (χ4v) is 6.61. The Morgan fingerprint density at radius 3 is 2.61 bits per heavy atom. The Hall–Kier alpha value is -5.15. The van der Waals surface area contributed by atoms with Gasteiger partial charge in [-0.25, -0.2) is 4.98 Å². The van der Waals surface area contributed by atoms with Crippen LogP contribution in [0, 0.1) is 30.1 Å². The van der Waals surface area contributed by atoms with Gasteiger partial charge in [0, 0.05) is 17.7 Å². The minimum Gasteiger partial charge on any atom is -0.469 e. The van der Waals surface area contributed by atoms with E-state index in [0.29, 0.717) is 17.3 Å². The van der Waals surface area contributed by atoms with E-state index in [1.54, 1.807) is 20.8 Å². The van der Waals surface area contributed by atoms with E-state index in [2.05, 4.69) is 27.0 Å². The van der Waals surface area contributed by atoms with Gasteiger partial charge in [-0.15, -0.1) is 0 Å². The Kier molecular flexibility index (Phi) is 6.90. The molecule has 2 amide bonds. The van der Waals surface area contributed by atoms with E-state index in [0.717, 1.165) is 22.4 Å². The average molecular weight is 623 g/mol. The average Bonchev–Trinajstić information content (AvgIpc) is 3.77. The number of aromatic nitrogens is 2. The van der Waals surface area contributed by atoms with Crippen molar-refractivity contribution in [2.75, 3.05) is 5.32 Å². The number of nitriles is 1. The molecule has 12 nitrogen and oxygen atoms in total. The molecule has 4 bridgehead atoms. The lowest BCUT2D eigenvalue weighted by molar-refractivity contribution is -0.135. The highest BCUT2D eigenvalue weighted by atomic mass is 16.5. The lowest BCUT2D eigenvalue weighted by Gasteiger charge is -2.29. The normalized spacial score (nSPS) is 23.3. The smallest absolute Gasteiger partial charge is 0.250 e. The van der Waals surface area contributed by atoms with Crippen LogP contribution in [0.15, 0.2) is 51.3 Å². The van der Waals surface area contributed by atoms with Crippen molar-refractivity contribution in [2.24, 2.45) is 11.8 Å². The summed E-state index contributed by atoms with van der Waals surface area (Å²) >= 11 is 0. The molecular formula is C34H34N6O6. The molecule has 0 radical (unpaired) electrons. The number of carbonyl (C=O) groups is 2. The van der Waals surface area contributed by atoms with Crippen LogP contribution in [0.4, 0.5) is 5.69 Å². The van der Waals surface area contributed by atoms with E-state index in [1.165, 1.54) is 0 Å². The van der Waals surface area contributed by atoms with Crippen LogP contribution in [0.2, 0.25) is 0 Å². The van der Waals surface area contributed by atoms with Crippen LogP contribution in [-0.4, -0.2) is 45.3 Å². The largest absolute Gasteiger partial charge is 0.469 e. The van der Waals surface area contributed by atoms with E-state index in [9.17, 15) is 20.0 Å². The number of hydrogen-bond donors (Lipinski definition) is 4. The van der Waals surface area contributed by atoms with E-state index in [1.807, 2.05) is 56.3 Å². The van der Waals surface area contributed by atoms with Gasteiger partial charge in [-0.05, 0) is 42.0 Å². The van der Waals surface area contributed by atoms with Crippen molar-refractivity contribution in [3.8, 4) is 23.4 Å². The van der Waals surface area contributed by atoms with E-state index < -0.39 is 41.6 Å². The molecule has 5 heterocycles. The molecule has 0 aliphatic carbocycles. The van der Waals surface area contributed by atoms with Gasteiger partial charge in [0.05, 0.1) is 0 Å². The van der Waals surface area contributed by atoms with Crippen molar-refractivity contribution in [3.05, 3.63) is 82.3 Å². The van der Waals surface area contributed by atoms with Crippen molar-refractivity contribution >= 4 is 17.5 Å². The highest BCUT2D eigenvalue weighted by molar-refractivity contribution is 5.90. The molecule has 7 rings (SSSR count). The second kappa shape index (κ2) is 10.7. The highest BCUT2D eigenvalue weighted by Crippen LogP contribution is 2.59. The summed E-state index contributed by atoms with van der Waals surface area (Å²) in [5, 5.41) is 29.5. The Labute approximate surface area is 265 Å². The van der Waals surface area contributed by atoms with Gasteiger partial charge in [0.2, 0.25) is 23.6 Å². The topological polar surface area (TPSA) is 176 Å². The zero-order chi connectivity index (χ0) is 32.5. The fraction of sp³-hybridized carbons (Fsp3) is 0.382. The van der Waals surface area contributed by atoms with Crippen molar-refractivity contribution in [1.82, 2.24) is 20.6 Å². The lowest BCUT2D eigenvalue weighted by atomic mass is 9.72. The number of hydrogen-bond acceptors (Lipinski definition) is 10. The number of oxazole rings is 2. The first-order valence-corrected chi connectivity index (χ1v) is 15.4. The minimum absolute atomic E-state index is 0.109. The molecule has 0 saturated heterocycles. The Bertz CT molecular complexity index is 1920. The molecule has 0 saturated carbocycles. The summed E-state index contributed by atoms with van der Waals surface area (Å²) in [6.07, 6.45) is -1.76. The molecule has 5 atom stereocenters. The number of aryl methyl sites for hydroxylation is 1. The number of amides is 2. The summed E-state index contributed by atoms with van der Waals surface area (Å²) in [6, 6.07) is 13.8. The number of aliphatic hydroxyl groups is 1. The Morgan fingerprint density at radius 2 is 1.89 bits per heavy atom. The number of nitrogens with zero attached hydrogens (tertiary/aromatic N) is 3. The Morgan fingerprint density at radius 1 is 1.11 bits per heavy atom. The summed E-state index contributed by atoms with van der Waals surface area (Å²) < 4.78 is 19.3. The number of carbonyl (C=O) groups excluding carboxylic acids is 2. The predicted molar refractivity (Wildman–Crippen MR) is 164 cm³/mol. The first kappa shape index (κ1) is 29.6. The van der Waals surface area contributed by atoms with Gasteiger partial charge in [-0.3, -0.25) is 9.59 Å². The number of aliphatic hydroxyl groups excluding tert-OH is 1. The zero-order valence-corrected chi connectivity index (χ0v) is 26.0. The number of nitrogens with one attached hydrogen (secondary N) is 3. The van der Waals surface area contributed by atoms with Crippen LogP contribution in [0.5, 0.6) is 5.75 Å². The van der Waals surface area contributed by atoms with Crippen LogP contribution in [-0.2, 0) is 21.4 Å². The second-order valence-electron chi connectivity index (χ2n) is 12.8. The monoisotopic (exact) mass is 622 g/mol. The molecule has 5 unspecified atom stereocenters. The van der Waals surface area contributed by atoms with Crippen molar-refractivity contribution in [1.29, 1.82) is 5.26 Å². The van der Waals surface area contributed by atoms with Gasteiger partial charge in [0.1, 0.15) is 41.2 Å². The maximum Gasteiger partial charge on any atom is 0.250 e. The van der Waals surface area contributed by atoms with Crippen LogP contribution >= 0.6 is 0 Å². The number of anilines is 1. The standard InChI is InChI=1S/C34H34N6O6/c1-15(2)25-31-40-26(32-37-23(14-35)17(5)44-32)28(46-31)34-19-8-6-7-9-21(19)38-33(34)45-24-11-10-18(12-20(24)34)13-22(29(42)39-25)36-30(43)27(41)16(3)4/h6-12,15-16,22,25,27,33,38,41H,13H2,1-5H3,(H,36,43)(H,39,42). The van der Waals surface area contributed by atoms with Crippen LogP contribution in [0.3, 0.4) is 0 Å². The van der Waals surface area contributed by atoms with Gasteiger partial charge in [0.15, 0.2) is 23.4 Å². The van der Waals surface area contributed by atoms with Crippen molar-refractivity contribution < 1.29 is 28.3 Å². The molecule has 2 aromatic heterocycles. The number of fused-ring (bicyclic) bond motifs is 4. The third-order valence-corrected chi connectivity index (χ3v) is 9.06. The number of ether oxygens (including phenoxy) is 1. The molecule has 1 spiro atoms. The fourth-order valence-electron chi connectivity index (χ4n) is 6.61. The third-order valence-electron chi connectivity index (χ3n) is 9.06. The first-order chi connectivity index (χ1) is 22.0. The molecule has 236 valence electrons. The third kappa shape index (κ3) is 4.37. The van der Waals surface area contributed by atoms with E-state index >= 15 is 0 Å². The quantitative estimate of drug-likeness (QED) is 0.256. The van der Waals surface area contributed by atoms with Crippen LogP contribution < -0.4 is 20.7 Å². The molecule has 4 aromatic rings. The number of para-hydroxylation sites is 1. The van der Waals surface area contributed by atoms with Gasteiger partial charge in [-0.1, -0.05) is 58.0 Å². The molecule has 4 N–H and O–H groups in total. The van der Waals surface area contributed by atoms with Crippen LogP contribution in [0.1, 0.15) is 73.5 Å². The zero-order valence-electron chi connectivity index (χ0n) is 26.0. The van der Waals surface area contributed by atoms with Gasteiger partial charge in [0.25, 0.3) is 0 Å². The molecule has 2 aromatic carbocycles. The maximum absolute atomic E-state index is 13.9. The maximum atomic E-state index is 13.9. The SMILES string of the molecule is Cc1oc(-c2nc3oc2C24c5ccccc5NC2Oc2ccc(cc24)CC(NC(=O)C(O)C(C)C)C(=O)NC3C(C)C)nc1C#N. The van der Waals surface area contributed by atoms with Gasteiger partial charge in [-0.2, -0.15) is 10.2 Å².